The first-order valence-corrected chi connectivity index (χ1v) is 10.3. The van der Waals surface area contributed by atoms with E-state index in [-0.39, 0.29) is 11.9 Å². The number of amides is 1. The molecule has 1 unspecified atom stereocenters. The Morgan fingerprint density at radius 3 is 3.00 bits per heavy atom. The van der Waals surface area contributed by atoms with E-state index in [9.17, 15) is 4.79 Å². The molecule has 3 aromatic rings. The highest BCUT2D eigenvalue weighted by atomic mass is 32.1. The van der Waals surface area contributed by atoms with Crippen molar-refractivity contribution >= 4 is 28.3 Å². The van der Waals surface area contributed by atoms with Gasteiger partial charge in [-0.05, 0) is 57.3 Å². The fourth-order valence-electron chi connectivity index (χ4n) is 3.77. The predicted octanol–water partition coefficient (Wildman–Crippen LogP) is 3.42. The van der Waals surface area contributed by atoms with Crippen LogP contribution in [-0.2, 0) is 0 Å². The number of thiophene rings is 1. The Bertz CT molecular complexity index is 947. The number of fused-ring (bicyclic) bond motifs is 1. The zero-order chi connectivity index (χ0) is 19.0. The maximum atomic E-state index is 13.4. The van der Waals surface area contributed by atoms with Crippen molar-refractivity contribution in [3.8, 4) is 10.6 Å². The molecule has 6 nitrogen and oxygen atoms in total. The number of hydrogen-bond acceptors (Lipinski definition) is 5. The van der Waals surface area contributed by atoms with Crippen LogP contribution in [0.5, 0.6) is 0 Å². The van der Waals surface area contributed by atoms with E-state index < -0.39 is 0 Å². The summed E-state index contributed by atoms with van der Waals surface area (Å²) in [5, 5.41) is 10.6. The van der Waals surface area contributed by atoms with Crippen LogP contribution in [0.4, 0.5) is 0 Å². The highest BCUT2D eigenvalue weighted by Crippen LogP contribution is 2.30. The number of aromatic nitrogens is 3. The van der Waals surface area contributed by atoms with Crippen molar-refractivity contribution in [2.75, 3.05) is 26.7 Å². The molecule has 1 atom stereocenters. The number of nitrogens with zero attached hydrogens (tertiary/aromatic N) is 4. The molecule has 0 radical (unpaired) electrons. The van der Waals surface area contributed by atoms with Gasteiger partial charge in [-0.25, -0.2) is 9.67 Å². The number of hydrogen-bond donors (Lipinski definition) is 1. The number of nitrogens with one attached hydrogen (secondary N) is 1. The molecule has 1 amide bonds. The summed E-state index contributed by atoms with van der Waals surface area (Å²) in [5.74, 6) is 0.605. The first-order valence-electron chi connectivity index (χ1n) is 9.44. The zero-order valence-electron chi connectivity index (χ0n) is 16.0. The minimum absolute atomic E-state index is 0.0853. The molecule has 1 aliphatic heterocycles. The van der Waals surface area contributed by atoms with E-state index in [0.717, 1.165) is 47.7 Å². The Balaban J connectivity index is 1.78. The van der Waals surface area contributed by atoms with Crippen LogP contribution in [-0.4, -0.2) is 52.3 Å². The zero-order valence-corrected chi connectivity index (χ0v) is 16.8. The fraction of sp³-hybridized carbons (Fsp3) is 0.450. The van der Waals surface area contributed by atoms with Crippen LogP contribution in [0, 0.1) is 5.92 Å². The summed E-state index contributed by atoms with van der Waals surface area (Å²) in [5.41, 5.74) is 2.33. The topological polar surface area (TPSA) is 63.1 Å². The monoisotopic (exact) mass is 383 g/mol. The summed E-state index contributed by atoms with van der Waals surface area (Å²) in [6.45, 7) is 6.71. The Morgan fingerprint density at radius 2 is 2.30 bits per heavy atom. The van der Waals surface area contributed by atoms with E-state index in [2.05, 4.69) is 24.3 Å². The highest BCUT2D eigenvalue weighted by Gasteiger charge is 2.29. The summed E-state index contributed by atoms with van der Waals surface area (Å²) in [4.78, 5) is 21.2. The number of rotatable bonds is 5. The van der Waals surface area contributed by atoms with Gasteiger partial charge in [0.2, 0.25) is 0 Å². The van der Waals surface area contributed by atoms with Gasteiger partial charge in [-0.1, -0.05) is 6.07 Å². The molecule has 3 aromatic heterocycles. The SMILES string of the molecule is CNCC1CCN(C(=O)c2cc(-c3cccs3)nc3c2cnn3C(C)C)C1. The molecule has 7 heteroatoms. The lowest BCUT2D eigenvalue weighted by atomic mass is 10.1. The summed E-state index contributed by atoms with van der Waals surface area (Å²) in [7, 11) is 1.96. The van der Waals surface area contributed by atoms with Gasteiger partial charge in [-0.3, -0.25) is 4.79 Å². The van der Waals surface area contributed by atoms with Crippen LogP contribution in [0.2, 0.25) is 0 Å². The second kappa shape index (κ2) is 7.40. The van der Waals surface area contributed by atoms with Crippen molar-refractivity contribution in [3.05, 3.63) is 35.3 Å². The summed E-state index contributed by atoms with van der Waals surface area (Å²) < 4.78 is 1.90. The molecular weight excluding hydrogens is 358 g/mol. The molecular formula is C20H25N5OS. The van der Waals surface area contributed by atoms with Gasteiger partial charge in [0, 0.05) is 19.1 Å². The lowest BCUT2D eigenvalue weighted by Gasteiger charge is -2.18. The molecule has 1 N–H and O–H groups in total. The summed E-state index contributed by atoms with van der Waals surface area (Å²) in [6.07, 6.45) is 2.83. The van der Waals surface area contributed by atoms with Crippen molar-refractivity contribution in [1.29, 1.82) is 0 Å². The van der Waals surface area contributed by atoms with Gasteiger partial charge in [0.05, 0.1) is 27.7 Å². The highest BCUT2D eigenvalue weighted by molar-refractivity contribution is 7.13. The molecule has 0 aliphatic carbocycles. The second-order valence-electron chi connectivity index (χ2n) is 7.42. The van der Waals surface area contributed by atoms with Gasteiger partial charge in [-0.2, -0.15) is 5.10 Å². The Labute approximate surface area is 163 Å². The largest absolute Gasteiger partial charge is 0.338 e. The van der Waals surface area contributed by atoms with Gasteiger partial charge < -0.3 is 10.2 Å². The molecule has 0 bridgehead atoms. The van der Waals surface area contributed by atoms with Gasteiger partial charge >= 0.3 is 0 Å². The number of carbonyl (C=O) groups excluding carboxylic acids is 1. The molecule has 142 valence electrons. The second-order valence-corrected chi connectivity index (χ2v) is 8.36. The van der Waals surface area contributed by atoms with Crippen LogP contribution in [0.1, 0.15) is 36.7 Å². The van der Waals surface area contributed by atoms with E-state index in [0.29, 0.717) is 11.5 Å². The van der Waals surface area contributed by atoms with Crippen LogP contribution in [0.25, 0.3) is 21.6 Å². The molecule has 0 spiro atoms. The predicted molar refractivity (Wildman–Crippen MR) is 109 cm³/mol. The number of pyridine rings is 1. The first-order chi connectivity index (χ1) is 13.1. The van der Waals surface area contributed by atoms with Crippen LogP contribution < -0.4 is 5.32 Å². The number of carbonyl (C=O) groups is 1. The fourth-order valence-corrected chi connectivity index (χ4v) is 4.45. The Hall–Kier alpha value is -2.25. The smallest absolute Gasteiger partial charge is 0.254 e. The standard InChI is InChI=1S/C20H25N5OS/c1-13(2)25-19-16(11-22-25)15(9-17(23-19)18-5-4-8-27-18)20(26)24-7-6-14(12-24)10-21-3/h4-5,8-9,11,13-14,21H,6-7,10,12H2,1-3H3. The average molecular weight is 384 g/mol. The van der Waals surface area contributed by atoms with Crippen molar-refractivity contribution in [2.45, 2.75) is 26.3 Å². The van der Waals surface area contributed by atoms with Gasteiger partial charge in [-0.15, -0.1) is 11.3 Å². The third kappa shape index (κ3) is 3.37. The van der Waals surface area contributed by atoms with E-state index >= 15 is 0 Å². The molecule has 0 aromatic carbocycles. The first kappa shape index (κ1) is 18.1. The normalized spacial score (nSPS) is 17.3. The maximum Gasteiger partial charge on any atom is 0.254 e. The van der Waals surface area contributed by atoms with Crippen LogP contribution in [0.3, 0.4) is 0 Å². The average Bonchev–Trinajstić information content (AvgIpc) is 3.40. The molecule has 1 fully saturated rings. The summed E-state index contributed by atoms with van der Waals surface area (Å²) in [6, 6.07) is 6.18. The lowest BCUT2D eigenvalue weighted by molar-refractivity contribution is 0.0789. The van der Waals surface area contributed by atoms with E-state index in [1.165, 1.54) is 0 Å². The molecule has 4 heterocycles. The quantitative estimate of drug-likeness (QED) is 0.733. The number of likely N-dealkylation sites (tertiary alicyclic amines) is 1. The minimum atomic E-state index is 0.0853. The third-order valence-corrected chi connectivity index (χ3v) is 6.02. The minimum Gasteiger partial charge on any atom is -0.338 e. The van der Waals surface area contributed by atoms with Gasteiger partial charge in [0.25, 0.3) is 5.91 Å². The van der Waals surface area contributed by atoms with Crippen LogP contribution >= 0.6 is 11.3 Å². The Kier molecular flexibility index (Phi) is 4.97. The van der Waals surface area contributed by atoms with Crippen molar-refractivity contribution in [3.63, 3.8) is 0 Å². The maximum absolute atomic E-state index is 13.4. The van der Waals surface area contributed by atoms with Crippen molar-refractivity contribution in [1.82, 2.24) is 25.0 Å². The van der Waals surface area contributed by atoms with Crippen molar-refractivity contribution < 1.29 is 4.79 Å². The van der Waals surface area contributed by atoms with Gasteiger partial charge in [0.1, 0.15) is 0 Å². The van der Waals surface area contributed by atoms with Gasteiger partial charge in [0.15, 0.2) is 5.65 Å². The van der Waals surface area contributed by atoms with E-state index in [1.54, 1.807) is 17.5 Å². The van der Waals surface area contributed by atoms with Crippen molar-refractivity contribution in [2.24, 2.45) is 5.92 Å². The molecule has 1 aliphatic rings. The lowest BCUT2D eigenvalue weighted by Crippen LogP contribution is -2.30. The summed E-state index contributed by atoms with van der Waals surface area (Å²) >= 11 is 1.64. The Morgan fingerprint density at radius 1 is 1.44 bits per heavy atom. The molecule has 0 saturated carbocycles. The molecule has 1 saturated heterocycles. The van der Waals surface area contributed by atoms with E-state index in [4.69, 9.17) is 4.98 Å². The van der Waals surface area contributed by atoms with Crippen LogP contribution in [0.15, 0.2) is 29.8 Å². The molecule has 27 heavy (non-hydrogen) atoms. The third-order valence-electron chi connectivity index (χ3n) is 5.13. The van der Waals surface area contributed by atoms with E-state index in [1.807, 2.05) is 40.2 Å². The molecule has 4 rings (SSSR count).